The van der Waals surface area contributed by atoms with Crippen molar-refractivity contribution in [1.82, 2.24) is 13.5 Å². The van der Waals surface area contributed by atoms with E-state index >= 15 is 0 Å². The maximum Gasteiger partial charge on any atom is 0.269 e. The number of ether oxygens (including phenoxy) is 1. The number of fused-ring (bicyclic) bond motifs is 4. The fourth-order valence-electron chi connectivity index (χ4n) is 5.13. The van der Waals surface area contributed by atoms with Crippen molar-refractivity contribution in [2.24, 2.45) is 7.05 Å². The molecule has 35 heavy (non-hydrogen) atoms. The van der Waals surface area contributed by atoms with E-state index in [2.05, 4.69) is 9.88 Å². The molecule has 0 N–H and O–H groups in total. The third-order valence-corrected chi connectivity index (χ3v) is 8.68. The van der Waals surface area contributed by atoms with Crippen LogP contribution in [0.5, 0.6) is 5.75 Å². The van der Waals surface area contributed by atoms with Crippen LogP contribution >= 0.6 is 0 Å². The quantitative estimate of drug-likeness (QED) is 0.367. The first-order chi connectivity index (χ1) is 16.8. The number of nitrogens with zero attached hydrogens (tertiary/aromatic N) is 4. The molecule has 1 aliphatic heterocycles. The predicted molar refractivity (Wildman–Crippen MR) is 139 cm³/mol. The van der Waals surface area contributed by atoms with Crippen molar-refractivity contribution >= 4 is 37.6 Å². The average molecular weight is 487 g/mol. The lowest BCUT2D eigenvalue weighted by molar-refractivity contribution is 0.415. The van der Waals surface area contributed by atoms with E-state index < -0.39 is 10.0 Å². The minimum absolute atomic E-state index is 0.232. The zero-order chi connectivity index (χ0) is 24.5. The second kappa shape index (κ2) is 7.61. The van der Waals surface area contributed by atoms with Crippen LogP contribution in [0.25, 0.3) is 33.2 Å². The van der Waals surface area contributed by atoms with Crippen molar-refractivity contribution in [3.05, 3.63) is 72.1 Å². The molecule has 178 valence electrons. The number of pyridine rings is 1. The van der Waals surface area contributed by atoms with Gasteiger partial charge in [-0.25, -0.2) is 17.4 Å². The van der Waals surface area contributed by atoms with E-state index in [0.717, 1.165) is 51.6 Å². The Balaban J connectivity index is 1.73. The summed E-state index contributed by atoms with van der Waals surface area (Å²) in [6.45, 7) is 2.82. The Kier molecular flexibility index (Phi) is 4.73. The maximum absolute atomic E-state index is 14.1. The van der Waals surface area contributed by atoms with Crippen molar-refractivity contribution in [1.29, 1.82) is 0 Å². The van der Waals surface area contributed by atoms with Crippen LogP contribution in [0, 0.1) is 6.92 Å². The van der Waals surface area contributed by atoms with Gasteiger partial charge in [-0.15, -0.1) is 0 Å². The third kappa shape index (κ3) is 3.16. The molecule has 0 atom stereocenters. The summed E-state index contributed by atoms with van der Waals surface area (Å²) in [5, 5.41) is 1.76. The summed E-state index contributed by atoms with van der Waals surface area (Å²) in [4.78, 5) is 7.10. The third-order valence-electron chi connectivity index (χ3n) is 6.97. The second-order valence-electron chi connectivity index (χ2n) is 9.19. The van der Waals surface area contributed by atoms with E-state index in [1.54, 1.807) is 19.2 Å². The van der Waals surface area contributed by atoms with Gasteiger partial charge in [0.05, 0.1) is 23.4 Å². The van der Waals surface area contributed by atoms with Crippen LogP contribution in [0.1, 0.15) is 11.1 Å². The van der Waals surface area contributed by atoms with Crippen LogP contribution in [0.2, 0.25) is 0 Å². The smallest absolute Gasteiger partial charge is 0.269 e. The molecular weight excluding hydrogens is 460 g/mol. The fourth-order valence-corrected chi connectivity index (χ4v) is 6.61. The van der Waals surface area contributed by atoms with Gasteiger partial charge >= 0.3 is 0 Å². The largest absolute Gasteiger partial charge is 0.497 e. The van der Waals surface area contributed by atoms with Gasteiger partial charge in [0.25, 0.3) is 10.0 Å². The van der Waals surface area contributed by atoms with Gasteiger partial charge in [0, 0.05) is 54.9 Å². The van der Waals surface area contributed by atoms with Crippen molar-refractivity contribution in [3.8, 4) is 17.0 Å². The molecule has 0 radical (unpaired) electrons. The van der Waals surface area contributed by atoms with Gasteiger partial charge in [-0.05, 0) is 55.3 Å². The summed E-state index contributed by atoms with van der Waals surface area (Å²) < 4.78 is 37.2. The van der Waals surface area contributed by atoms with E-state index in [-0.39, 0.29) is 4.90 Å². The minimum Gasteiger partial charge on any atom is -0.497 e. The van der Waals surface area contributed by atoms with Crippen LogP contribution in [0.4, 0.5) is 5.69 Å². The normalized spacial score (nSPS) is 13.7. The lowest BCUT2D eigenvalue weighted by Crippen LogP contribution is -2.15. The monoisotopic (exact) mass is 486 g/mol. The van der Waals surface area contributed by atoms with Crippen molar-refractivity contribution < 1.29 is 13.2 Å². The SMILES string of the molecule is COc1ccc2c(c1)c(-c1cc3c4c(cnc3n1S(=O)(=O)c1ccc(C)cc1)CCN4C)cn2C. The zero-order valence-electron chi connectivity index (χ0n) is 20.1. The molecule has 1 aliphatic rings. The van der Waals surface area contributed by atoms with Crippen molar-refractivity contribution in [3.63, 3.8) is 0 Å². The van der Waals surface area contributed by atoms with Gasteiger partial charge in [0.1, 0.15) is 5.75 Å². The maximum atomic E-state index is 14.1. The van der Waals surface area contributed by atoms with E-state index in [4.69, 9.17) is 4.74 Å². The Morgan fingerprint density at radius 1 is 1.00 bits per heavy atom. The predicted octanol–water partition coefficient (Wildman–Crippen LogP) is 4.74. The lowest BCUT2D eigenvalue weighted by atomic mass is 10.1. The molecule has 0 unspecified atom stereocenters. The number of hydrogen-bond acceptors (Lipinski definition) is 5. The average Bonchev–Trinajstić information content (AvgIpc) is 3.52. The van der Waals surface area contributed by atoms with Crippen molar-refractivity contribution in [2.75, 3.05) is 25.6 Å². The van der Waals surface area contributed by atoms with Crippen molar-refractivity contribution in [2.45, 2.75) is 18.2 Å². The zero-order valence-corrected chi connectivity index (χ0v) is 20.9. The van der Waals surface area contributed by atoms with E-state index in [9.17, 15) is 8.42 Å². The Labute approximate surface area is 204 Å². The molecule has 0 aliphatic carbocycles. The summed E-state index contributed by atoms with van der Waals surface area (Å²) in [5.41, 5.74) is 6.00. The van der Waals surface area contributed by atoms with Gasteiger partial charge in [0.2, 0.25) is 0 Å². The van der Waals surface area contributed by atoms with E-state index in [0.29, 0.717) is 17.1 Å². The van der Waals surface area contributed by atoms with Gasteiger partial charge in [-0.1, -0.05) is 17.7 Å². The number of methoxy groups -OCH3 is 1. The second-order valence-corrected chi connectivity index (χ2v) is 11.0. The molecule has 0 saturated carbocycles. The summed E-state index contributed by atoms with van der Waals surface area (Å²) in [6, 6.07) is 14.8. The molecule has 4 heterocycles. The number of hydrogen-bond donors (Lipinski definition) is 0. The van der Waals surface area contributed by atoms with Crippen LogP contribution in [-0.2, 0) is 23.5 Å². The molecule has 0 saturated heterocycles. The van der Waals surface area contributed by atoms with Crippen LogP contribution in [-0.4, -0.2) is 42.6 Å². The summed E-state index contributed by atoms with van der Waals surface area (Å²) in [7, 11) is 1.70. The molecule has 6 rings (SSSR count). The summed E-state index contributed by atoms with van der Waals surface area (Å²) in [5.74, 6) is 0.716. The first-order valence-corrected chi connectivity index (χ1v) is 12.9. The Morgan fingerprint density at radius 3 is 2.51 bits per heavy atom. The Hall–Kier alpha value is -3.78. The fraction of sp³-hybridized carbons (Fsp3) is 0.222. The van der Waals surface area contributed by atoms with Gasteiger partial charge in [-0.2, -0.15) is 0 Å². The molecule has 0 amide bonds. The standard InChI is InChI=1S/C27H26N4O3S/c1-17-5-8-20(9-6-17)35(32,33)31-25(14-22-26-18(11-12-29(26)2)15-28-27(22)31)23-16-30(3)24-10-7-19(34-4)13-21(23)24/h5-10,13-16H,11-12H2,1-4H3. The minimum atomic E-state index is -3.93. The molecule has 8 heteroatoms. The molecule has 0 bridgehead atoms. The van der Waals surface area contributed by atoms with Gasteiger partial charge < -0.3 is 14.2 Å². The Morgan fingerprint density at radius 2 is 1.77 bits per heavy atom. The molecule has 2 aromatic carbocycles. The summed E-state index contributed by atoms with van der Waals surface area (Å²) in [6.07, 6.45) is 4.69. The molecule has 7 nitrogen and oxygen atoms in total. The van der Waals surface area contributed by atoms with Crippen LogP contribution in [0.15, 0.2) is 65.8 Å². The number of aryl methyl sites for hydroxylation is 2. The van der Waals surface area contributed by atoms with Gasteiger partial charge in [0.15, 0.2) is 5.65 Å². The molecule has 3 aromatic heterocycles. The number of aromatic nitrogens is 3. The highest BCUT2D eigenvalue weighted by Crippen LogP contribution is 2.42. The molecule has 0 fully saturated rings. The molecule has 5 aromatic rings. The summed E-state index contributed by atoms with van der Waals surface area (Å²) >= 11 is 0. The number of rotatable bonds is 4. The van der Waals surface area contributed by atoms with Crippen LogP contribution < -0.4 is 9.64 Å². The van der Waals surface area contributed by atoms with Crippen LogP contribution in [0.3, 0.4) is 0 Å². The first-order valence-electron chi connectivity index (χ1n) is 11.5. The Bertz CT molecular complexity index is 1730. The number of benzene rings is 2. The van der Waals surface area contributed by atoms with E-state index in [1.807, 2.05) is 74.4 Å². The topological polar surface area (TPSA) is 69.4 Å². The molecule has 0 spiro atoms. The first kappa shape index (κ1) is 21.7. The molecular formula is C27H26N4O3S. The lowest BCUT2D eigenvalue weighted by Gasteiger charge is -2.14. The van der Waals surface area contributed by atoms with E-state index in [1.165, 1.54) is 3.97 Å². The highest BCUT2D eigenvalue weighted by molar-refractivity contribution is 7.90. The van der Waals surface area contributed by atoms with Gasteiger partial charge in [-0.3, -0.25) is 0 Å². The highest BCUT2D eigenvalue weighted by Gasteiger charge is 2.30. The number of anilines is 1. The highest BCUT2D eigenvalue weighted by atomic mass is 32.2. The number of likely N-dealkylation sites (N-methyl/N-ethyl adjacent to an activating group) is 1.